The molecule has 17 heavy (non-hydrogen) atoms. The molecule has 5 heteroatoms. The Kier molecular flexibility index (Phi) is 3.99. The molecule has 0 aliphatic heterocycles. The molecule has 0 unspecified atom stereocenters. The Hall–Kier alpha value is -1.10. The monoisotopic (exact) mass is 268 g/mol. The predicted octanol–water partition coefficient (Wildman–Crippen LogP) is 2.97. The Morgan fingerprint density at radius 2 is 2.06 bits per heavy atom. The predicted molar refractivity (Wildman–Crippen MR) is 71.9 cm³/mol. The van der Waals surface area contributed by atoms with Crippen LogP contribution in [0.5, 0.6) is 5.75 Å². The van der Waals surface area contributed by atoms with Crippen molar-refractivity contribution in [1.29, 1.82) is 0 Å². The number of hydrogen-bond acceptors (Lipinski definition) is 4. The number of rotatable bonds is 4. The highest BCUT2D eigenvalue weighted by Crippen LogP contribution is 2.31. The Labute approximate surface area is 109 Å². The topological polar surface area (TPSA) is 48.1 Å². The molecular weight excluding hydrogens is 256 g/mol. The number of aromatic nitrogens is 1. The minimum Gasteiger partial charge on any atom is -0.497 e. The maximum Gasteiger partial charge on any atom is 0.143 e. The second-order valence-corrected chi connectivity index (χ2v) is 4.94. The zero-order valence-corrected chi connectivity index (χ0v) is 11.0. The van der Waals surface area contributed by atoms with Crippen LogP contribution in [-0.2, 0) is 6.42 Å². The standard InChI is InChI=1S/C12H13ClN2OS/c1-16-9-4-2-8(3-5-9)12-15-11(13)10(17-12)6-7-14/h2-5H,6-7,14H2,1H3. The summed E-state index contributed by atoms with van der Waals surface area (Å²) in [6, 6.07) is 7.76. The fourth-order valence-electron chi connectivity index (χ4n) is 1.48. The SMILES string of the molecule is COc1ccc(-c2nc(Cl)c(CCN)s2)cc1. The van der Waals surface area contributed by atoms with Crippen LogP contribution in [-0.4, -0.2) is 18.6 Å². The molecule has 0 saturated heterocycles. The maximum absolute atomic E-state index is 6.05. The molecule has 0 aliphatic rings. The van der Waals surface area contributed by atoms with Crippen LogP contribution < -0.4 is 10.5 Å². The van der Waals surface area contributed by atoms with Gasteiger partial charge in [0.15, 0.2) is 0 Å². The average molecular weight is 269 g/mol. The number of ether oxygens (including phenoxy) is 1. The van der Waals surface area contributed by atoms with Crippen molar-refractivity contribution in [2.45, 2.75) is 6.42 Å². The summed E-state index contributed by atoms with van der Waals surface area (Å²) in [5.74, 6) is 0.832. The number of nitrogens with two attached hydrogens (primary N) is 1. The lowest BCUT2D eigenvalue weighted by Crippen LogP contribution is -2.01. The molecule has 3 nitrogen and oxygen atoms in total. The summed E-state index contributed by atoms with van der Waals surface area (Å²) in [6.07, 6.45) is 0.770. The normalized spacial score (nSPS) is 10.5. The molecule has 90 valence electrons. The Morgan fingerprint density at radius 3 is 2.65 bits per heavy atom. The minimum absolute atomic E-state index is 0.561. The van der Waals surface area contributed by atoms with E-state index < -0.39 is 0 Å². The van der Waals surface area contributed by atoms with Gasteiger partial charge in [-0.1, -0.05) is 11.6 Å². The molecule has 0 fully saturated rings. The quantitative estimate of drug-likeness (QED) is 0.927. The number of halogens is 1. The molecule has 2 aromatic rings. The summed E-state index contributed by atoms with van der Waals surface area (Å²) in [5.41, 5.74) is 6.56. The lowest BCUT2D eigenvalue weighted by atomic mass is 10.2. The van der Waals surface area contributed by atoms with Gasteiger partial charge in [-0.25, -0.2) is 4.98 Å². The van der Waals surface area contributed by atoms with Gasteiger partial charge in [-0.2, -0.15) is 0 Å². The molecule has 2 rings (SSSR count). The molecule has 0 bridgehead atoms. The molecule has 0 atom stereocenters. The van der Waals surface area contributed by atoms with E-state index in [4.69, 9.17) is 22.1 Å². The highest BCUT2D eigenvalue weighted by atomic mass is 35.5. The van der Waals surface area contributed by atoms with Crippen molar-refractivity contribution in [2.24, 2.45) is 5.73 Å². The van der Waals surface area contributed by atoms with Gasteiger partial charge in [-0.3, -0.25) is 0 Å². The van der Waals surface area contributed by atoms with E-state index in [0.29, 0.717) is 11.7 Å². The first-order valence-corrected chi connectivity index (χ1v) is 6.43. The fourth-order valence-corrected chi connectivity index (χ4v) is 2.79. The molecule has 0 amide bonds. The first kappa shape index (κ1) is 12.4. The lowest BCUT2D eigenvalue weighted by molar-refractivity contribution is 0.415. The number of nitrogens with zero attached hydrogens (tertiary/aromatic N) is 1. The van der Waals surface area contributed by atoms with Gasteiger partial charge in [0.05, 0.1) is 7.11 Å². The molecule has 0 spiro atoms. The van der Waals surface area contributed by atoms with Crippen molar-refractivity contribution in [2.75, 3.05) is 13.7 Å². The van der Waals surface area contributed by atoms with Crippen molar-refractivity contribution in [3.63, 3.8) is 0 Å². The molecule has 1 heterocycles. The highest BCUT2D eigenvalue weighted by molar-refractivity contribution is 7.15. The van der Waals surface area contributed by atoms with Gasteiger partial charge in [-0.15, -0.1) is 11.3 Å². The lowest BCUT2D eigenvalue weighted by Gasteiger charge is -1.99. The second-order valence-electron chi connectivity index (χ2n) is 3.50. The number of benzene rings is 1. The van der Waals surface area contributed by atoms with Crippen LogP contribution in [0.3, 0.4) is 0 Å². The van der Waals surface area contributed by atoms with Gasteiger partial charge in [0.1, 0.15) is 15.9 Å². The Morgan fingerprint density at radius 1 is 1.35 bits per heavy atom. The third-order valence-corrected chi connectivity index (χ3v) is 3.95. The van der Waals surface area contributed by atoms with E-state index in [2.05, 4.69) is 4.98 Å². The van der Waals surface area contributed by atoms with E-state index in [-0.39, 0.29) is 0 Å². The third kappa shape index (κ3) is 2.77. The van der Waals surface area contributed by atoms with Crippen LogP contribution in [0.2, 0.25) is 5.15 Å². The van der Waals surface area contributed by atoms with Crippen molar-refractivity contribution in [1.82, 2.24) is 4.98 Å². The summed E-state index contributed by atoms with van der Waals surface area (Å²) in [7, 11) is 1.65. The van der Waals surface area contributed by atoms with Crippen LogP contribution in [0.25, 0.3) is 10.6 Å². The smallest absolute Gasteiger partial charge is 0.143 e. The van der Waals surface area contributed by atoms with Crippen molar-refractivity contribution >= 4 is 22.9 Å². The van der Waals surface area contributed by atoms with Crippen molar-refractivity contribution in [3.8, 4) is 16.3 Å². The van der Waals surface area contributed by atoms with Crippen LogP contribution >= 0.6 is 22.9 Å². The van der Waals surface area contributed by atoms with Crippen molar-refractivity contribution in [3.05, 3.63) is 34.3 Å². The third-order valence-electron chi connectivity index (χ3n) is 2.36. The molecule has 2 N–H and O–H groups in total. The molecule has 1 aromatic carbocycles. The molecular formula is C12H13ClN2OS. The summed E-state index contributed by atoms with van der Waals surface area (Å²) in [6.45, 7) is 0.587. The van der Waals surface area contributed by atoms with Crippen LogP contribution in [0, 0.1) is 0 Å². The largest absolute Gasteiger partial charge is 0.497 e. The van der Waals surface area contributed by atoms with Gasteiger partial charge < -0.3 is 10.5 Å². The molecule has 0 aliphatic carbocycles. The Bertz CT molecular complexity index is 496. The van der Waals surface area contributed by atoms with E-state index >= 15 is 0 Å². The van der Waals surface area contributed by atoms with Gasteiger partial charge in [0.25, 0.3) is 0 Å². The van der Waals surface area contributed by atoms with Gasteiger partial charge in [0.2, 0.25) is 0 Å². The minimum atomic E-state index is 0.561. The van der Waals surface area contributed by atoms with Crippen molar-refractivity contribution < 1.29 is 4.74 Å². The van der Waals surface area contributed by atoms with E-state index in [1.54, 1.807) is 18.4 Å². The Balaban J connectivity index is 2.29. The van der Waals surface area contributed by atoms with E-state index in [9.17, 15) is 0 Å². The first-order chi connectivity index (χ1) is 8.24. The van der Waals surface area contributed by atoms with Crippen LogP contribution in [0.1, 0.15) is 4.88 Å². The average Bonchev–Trinajstić information content (AvgIpc) is 2.72. The number of thiazole rings is 1. The van der Waals surface area contributed by atoms with E-state index in [1.807, 2.05) is 24.3 Å². The summed E-state index contributed by atoms with van der Waals surface area (Å²) < 4.78 is 5.11. The maximum atomic E-state index is 6.05. The molecule has 0 radical (unpaired) electrons. The van der Waals surface area contributed by atoms with Gasteiger partial charge in [0, 0.05) is 10.4 Å². The zero-order chi connectivity index (χ0) is 12.3. The number of hydrogen-bond donors (Lipinski definition) is 1. The second kappa shape index (κ2) is 5.49. The summed E-state index contributed by atoms with van der Waals surface area (Å²) >= 11 is 7.64. The number of methoxy groups -OCH3 is 1. The highest BCUT2D eigenvalue weighted by Gasteiger charge is 2.10. The first-order valence-electron chi connectivity index (χ1n) is 5.24. The fraction of sp³-hybridized carbons (Fsp3) is 0.250. The summed E-state index contributed by atoms with van der Waals surface area (Å²) in [5, 5.41) is 1.48. The van der Waals surface area contributed by atoms with Gasteiger partial charge in [-0.05, 0) is 37.2 Å². The van der Waals surface area contributed by atoms with E-state index in [1.165, 1.54) is 0 Å². The van der Waals surface area contributed by atoms with E-state index in [0.717, 1.165) is 27.6 Å². The molecule has 0 saturated carbocycles. The molecule has 1 aromatic heterocycles. The zero-order valence-electron chi connectivity index (χ0n) is 9.44. The van der Waals surface area contributed by atoms with Crippen LogP contribution in [0.15, 0.2) is 24.3 Å². The van der Waals surface area contributed by atoms with Gasteiger partial charge >= 0.3 is 0 Å². The summed E-state index contributed by atoms with van der Waals surface area (Å²) in [4.78, 5) is 5.38. The van der Waals surface area contributed by atoms with Crippen LogP contribution in [0.4, 0.5) is 0 Å².